The van der Waals surface area contributed by atoms with Crippen molar-refractivity contribution in [1.82, 2.24) is 10.2 Å². The van der Waals surface area contributed by atoms with E-state index >= 15 is 0 Å². The Morgan fingerprint density at radius 1 is 1.11 bits per heavy atom. The zero-order valence-electron chi connectivity index (χ0n) is 13.5. The molecule has 0 fully saturated rings. The second-order valence-corrected chi connectivity index (χ2v) is 5.64. The van der Waals surface area contributed by atoms with Gasteiger partial charge in [0.05, 0.1) is 17.4 Å². The molecule has 1 aromatic heterocycles. The number of halogens is 4. The minimum Gasteiger partial charge on any atom is -0.451 e. The first-order chi connectivity index (χ1) is 12.7. The van der Waals surface area contributed by atoms with E-state index in [4.69, 9.17) is 5.73 Å². The summed E-state index contributed by atoms with van der Waals surface area (Å²) in [6, 6.07) is 7.87. The van der Waals surface area contributed by atoms with Crippen molar-refractivity contribution >= 4 is 29.2 Å². The van der Waals surface area contributed by atoms with Crippen LogP contribution in [0.4, 0.5) is 23.2 Å². The lowest BCUT2D eigenvalue weighted by Gasteiger charge is -2.18. The average Bonchev–Trinajstić information content (AvgIpc) is 2.61. The van der Waals surface area contributed by atoms with Crippen LogP contribution in [0, 0.1) is 0 Å². The number of nitrogens with zero attached hydrogens (tertiary/aromatic N) is 2. The number of fused-ring (bicyclic) bond motifs is 1. The molecule has 0 aliphatic heterocycles. The molecule has 0 bridgehead atoms. The summed E-state index contributed by atoms with van der Waals surface area (Å²) in [5, 5.41) is 26.8. The Kier molecular flexibility index (Phi) is 4.90. The van der Waals surface area contributed by atoms with Crippen molar-refractivity contribution in [2.24, 2.45) is 0 Å². The standard InChI is InChI=1S/C16H12BF4N3O3/c18-15(16(19,20)21)27-14-4-2-9(17(25)26)6-11(14)8-1-3-10-12(22)7-23-24-13(10)5-8/h1-7,15,25-26H,(H2,22,24). The highest BCUT2D eigenvalue weighted by molar-refractivity contribution is 6.58. The molecule has 27 heavy (non-hydrogen) atoms. The normalized spacial score (nSPS) is 12.8. The van der Waals surface area contributed by atoms with E-state index in [-0.39, 0.29) is 11.0 Å². The van der Waals surface area contributed by atoms with Crippen LogP contribution >= 0.6 is 0 Å². The van der Waals surface area contributed by atoms with Gasteiger partial charge in [0.2, 0.25) is 0 Å². The molecular weight excluding hydrogens is 369 g/mol. The molecule has 11 heteroatoms. The van der Waals surface area contributed by atoms with Crippen LogP contribution < -0.4 is 15.9 Å². The molecule has 0 aliphatic rings. The summed E-state index contributed by atoms with van der Waals surface area (Å²) >= 11 is 0. The number of nitrogens with two attached hydrogens (primary N) is 1. The number of aromatic nitrogens is 2. The van der Waals surface area contributed by atoms with Gasteiger partial charge in [0, 0.05) is 10.9 Å². The van der Waals surface area contributed by atoms with Crippen molar-refractivity contribution < 1.29 is 32.3 Å². The topological polar surface area (TPSA) is 101 Å². The Labute approximate surface area is 150 Å². The van der Waals surface area contributed by atoms with Crippen molar-refractivity contribution in [3.05, 3.63) is 42.6 Å². The van der Waals surface area contributed by atoms with Crippen LogP contribution in [-0.4, -0.2) is 39.9 Å². The monoisotopic (exact) mass is 381 g/mol. The number of benzene rings is 2. The third-order valence-electron chi connectivity index (χ3n) is 3.77. The molecule has 1 heterocycles. The van der Waals surface area contributed by atoms with Gasteiger partial charge in [0.1, 0.15) is 5.75 Å². The average molecular weight is 381 g/mol. The summed E-state index contributed by atoms with van der Waals surface area (Å²) in [4.78, 5) is 0. The smallest absolute Gasteiger partial charge is 0.451 e. The Bertz CT molecular complexity index is 985. The molecule has 1 unspecified atom stereocenters. The van der Waals surface area contributed by atoms with Gasteiger partial charge in [0.15, 0.2) is 0 Å². The van der Waals surface area contributed by atoms with Crippen LogP contribution in [-0.2, 0) is 0 Å². The molecule has 3 rings (SSSR count). The van der Waals surface area contributed by atoms with E-state index in [2.05, 4.69) is 14.9 Å². The highest BCUT2D eigenvalue weighted by atomic mass is 19.4. The third kappa shape index (κ3) is 3.93. The molecular formula is C16H12BF4N3O3. The Morgan fingerprint density at radius 3 is 2.52 bits per heavy atom. The lowest BCUT2D eigenvalue weighted by Crippen LogP contribution is -2.31. The molecule has 0 radical (unpaired) electrons. The summed E-state index contributed by atoms with van der Waals surface area (Å²) in [6.45, 7) is 0. The van der Waals surface area contributed by atoms with E-state index in [1.165, 1.54) is 24.4 Å². The lowest BCUT2D eigenvalue weighted by molar-refractivity contribution is -0.236. The van der Waals surface area contributed by atoms with E-state index in [9.17, 15) is 27.6 Å². The second kappa shape index (κ2) is 7.01. The zero-order chi connectivity index (χ0) is 19.8. The predicted molar refractivity (Wildman–Crippen MR) is 90.8 cm³/mol. The van der Waals surface area contributed by atoms with Crippen LogP contribution in [0.25, 0.3) is 22.0 Å². The minimum absolute atomic E-state index is 0.0126. The van der Waals surface area contributed by atoms with Crippen molar-refractivity contribution in [1.29, 1.82) is 0 Å². The Balaban J connectivity index is 2.13. The van der Waals surface area contributed by atoms with E-state index in [0.717, 1.165) is 12.1 Å². The van der Waals surface area contributed by atoms with Crippen LogP contribution in [0.15, 0.2) is 42.6 Å². The first-order valence-electron chi connectivity index (χ1n) is 7.55. The summed E-state index contributed by atoms with van der Waals surface area (Å²) in [7, 11) is -1.88. The minimum atomic E-state index is -5.21. The highest BCUT2D eigenvalue weighted by Gasteiger charge is 2.42. The van der Waals surface area contributed by atoms with E-state index in [1.54, 1.807) is 6.07 Å². The summed E-state index contributed by atoms with van der Waals surface area (Å²) in [6.07, 6.45) is -7.41. The molecule has 0 amide bonds. The molecule has 0 saturated heterocycles. The first-order valence-corrected chi connectivity index (χ1v) is 7.55. The maximum Gasteiger partial charge on any atom is 0.488 e. The fraction of sp³-hybridized carbons (Fsp3) is 0.125. The number of ether oxygens (including phenoxy) is 1. The zero-order valence-corrected chi connectivity index (χ0v) is 13.5. The molecule has 140 valence electrons. The first kappa shape index (κ1) is 18.9. The van der Waals surface area contributed by atoms with Gasteiger partial charge in [-0.25, -0.2) is 0 Å². The molecule has 1 atom stereocenters. The van der Waals surface area contributed by atoms with Crippen LogP contribution in [0.1, 0.15) is 0 Å². The third-order valence-corrected chi connectivity index (χ3v) is 3.77. The molecule has 4 N–H and O–H groups in total. The maximum atomic E-state index is 13.4. The largest absolute Gasteiger partial charge is 0.488 e. The molecule has 3 aromatic rings. The number of anilines is 1. The number of rotatable bonds is 4. The van der Waals surface area contributed by atoms with Gasteiger partial charge in [-0.1, -0.05) is 18.2 Å². The van der Waals surface area contributed by atoms with Crippen LogP contribution in [0.3, 0.4) is 0 Å². The Morgan fingerprint density at radius 2 is 1.85 bits per heavy atom. The summed E-state index contributed by atoms with van der Waals surface area (Å²) in [5.41, 5.74) is 6.78. The quantitative estimate of drug-likeness (QED) is 0.471. The van der Waals surface area contributed by atoms with Crippen molar-refractivity contribution in [2.75, 3.05) is 5.73 Å². The second-order valence-electron chi connectivity index (χ2n) is 5.64. The molecule has 6 nitrogen and oxygen atoms in total. The van der Waals surface area contributed by atoms with Gasteiger partial charge >= 0.3 is 19.7 Å². The fourth-order valence-corrected chi connectivity index (χ4v) is 2.46. The van der Waals surface area contributed by atoms with Crippen molar-refractivity contribution in [3.8, 4) is 16.9 Å². The lowest BCUT2D eigenvalue weighted by atomic mass is 9.79. The van der Waals surface area contributed by atoms with Gasteiger partial charge in [-0.05, 0) is 29.2 Å². The highest BCUT2D eigenvalue weighted by Crippen LogP contribution is 2.35. The molecule has 0 spiro atoms. The molecule has 0 saturated carbocycles. The number of hydrogen-bond donors (Lipinski definition) is 3. The van der Waals surface area contributed by atoms with Crippen LogP contribution in [0.2, 0.25) is 0 Å². The van der Waals surface area contributed by atoms with Crippen molar-refractivity contribution in [2.45, 2.75) is 12.5 Å². The van der Waals surface area contributed by atoms with E-state index < -0.39 is 25.4 Å². The predicted octanol–water partition coefficient (Wildman–Crippen LogP) is 1.80. The van der Waals surface area contributed by atoms with E-state index in [1.807, 2.05) is 0 Å². The van der Waals surface area contributed by atoms with Gasteiger partial charge in [0.25, 0.3) is 0 Å². The van der Waals surface area contributed by atoms with Gasteiger partial charge < -0.3 is 20.5 Å². The van der Waals surface area contributed by atoms with E-state index in [0.29, 0.717) is 22.2 Å². The Hall–Kier alpha value is -2.92. The molecule has 2 aromatic carbocycles. The molecule has 0 aliphatic carbocycles. The number of nitrogen functional groups attached to an aromatic ring is 1. The van der Waals surface area contributed by atoms with Gasteiger partial charge in [-0.15, -0.1) is 0 Å². The fourth-order valence-electron chi connectivity index (χ4n) is 2.46. The summed E-state index contributed by atoms with van der Waals surface area (Å²) in [5.74, 6) is -0.430. The summed E-state index contributed by atoms with van der Waals surface area (Å²) < 4.78 is 55.3. The van der Waals surface area contributed by atoms with Gasteiger partial charge in [-0.3, -0.25) is 0 Å². The SMILES string of the molecule is Nc1cnnc2cc(-c3cc(B(O)O)ccc3OC(F)C(F)(F)F)ccc12. The number of hydrogen-bond acceptors (Lipinski definition) is 6. The van der Waals surface area contributed by atoms with Crippen LogP contribution in [0.5, 0.6) is 5.75 Å². The van der Waals surface area contributed by atoms with Crippen molar-refractivity contribution in [3.63, 3.8) is 0 Å². The maximum absolute atomic E-state index is 13.4. The number of alkyl halides is 4. The van der Waals surface area contributed by atoms with Gasteiger partial charge in [-0.2, -0.15) is 27.8 Å².